The zero-order chi connectivity index (χ0) is 16.7. The number of hydrogen-bond donors (Lipinski definition) is 1. The Balaban J connectivity index is 0.00000182. The van der Waals surface area contributed by atoms with E-state index >= 15 is 0 Å². The lowest BCUT2D eigenvalue weighted by atomic mass is 10.2. The summed E-state index contributed by atoms with van der Waals surface area (Å²) in [7, 11) is 0. The Morgan fingerprint density at radius 2 is 1.84 bits per heavy atom. The van der Waals surface area contributed by atoms with Crippen LogP contribution >= 0.6 is 28.3 Å². The van der Waals surface area contributed by atoms with Gasteiger partial charge < -0.3 is 5.32 Å². The van der Waals surface area contributed by atoms with Gasteiger partial charge >= 0.3 is 0 Å². The largest absolute Gasteiger partial charge is 0.331 e. The third-order valence-corrected chi connectivity index (χ3v) is 4.85. The minimum atomic E-state index is 0. The molecule has 0 aliphatic heterocycles. The van der Waals surface area contributed by atoms with Crippen molar-refractivity contribution in [1.29, 1.82) is 0 Å². The van der Waals surface area contributed by atoms with Crippen LogP contribution in [0.25, 0.3) is 17.0 Å². The van der Waals surface area contributed by atoms with Crippen molar-refractivity contribution < 1.29 is 0 Å². The van der Waals surface area contributed by atoms with Gasteiger partial charge in [0, 0.05) is 17.3 Å². The second-order valence-corrected chi connectivity index (χ2v) is 6.81. The summed E-state index contributed by atoms with van der Waals surface area (Å²) in [6, 6.07) is 12.4. The topological polar surface area (TPSA) is 42.2 Å². The minimum Gasteiger partial charge on any atom is -0.331 e. The number of para-hydroxylation sites is 1. The van der Waals surface area contributed by atoms with Crippen LogP contribution in [0.4, 0.5) is 10.8 Å². The molecule has 3 aromatic heterocycles. The summed E-state index contributed by atoms with van der Waals surface area (Å²) in [5.74, 6) is 0. The lowest BCUT2D eigenvalue weighted by molar-refractivity contribution is 1.16. The van der Waals surface area contributed by atoms with E-state index in [9.17, 15) is 0 Å². The summed E-state index contributed by atoms with van der Waals surface area (Å²) in [5, 5.41) is 6.38. The van der Waals surface area contributed by atoms with Crippen molar-refractivity contribution in [1.82, 2.24) is 14.4 Å². The number of benzene rings is 1. The molecule has 4 aromatic rings. The maximum Gasteiger partial charge on any atom is 0.187 e. The van der Waals surface area contributed by atoms with Crippen LogP contribution in [0.5, 0.6) is 0 Å². The number of nitrogens with zero attached hydrogens (tertiary/aromatic N) is 3. The van der Waals surface area contributed by atoms with Crippen molar-refractivity contribution >= 4 is 44.8 Å². The molecule has 0 bridgehead atoms. The van der Waals surface area contributed by atoms with Gasteiger partial charge in [0.05, 0.1) is 11.4 Å². The molecular formula is C19H19BrN4S. The number of anilines is 2. The number of fused-ring (bicyclic) bond motifs is 1. The van der Waals surface area contributed by atoms with E-state index in [1.54, 1.807) is 11.3 Å². The van der Waals surface area contributed by atoms with Gasteiger partial charge in [-0.3, -0.25) is 4.40 Å². The smallest absolute Gasteiger partial charge is 0.187 e. The standard InChI is InChI=1S/C19H18N4S.BrH/c1-12-8-9-23-17(10-12)20-14(3)18(23)16-11-24-19(22-16)21-15-7-5-4-6-13(15)2;/h4-11H,1-3H3,(H,21,22);1H. The number of imidazole rings is 1. The highest BCUT2D eigenvalue weighted by atomic mass is 79.9. The second-order valence-electron chi connectivity index (χ2n) is 5.96. The number of aromatic nitrogens is 3. The monoisotopic (exact) mass is 414 g/mol. The first-order chi connectivity index (χ1) is 11.6. The van der Waals surface area contributed by atoms with Gasteiger partial charge in [-0.2, -0.15) is 0 Å². The molecule has 0 unspecified atom stereocenters. The van der Waals surface area contributed by atoms with Gasteiger partial charge in [0.1, 0.15) is 11.3 Å². The summed E-state index contributed by atoms with van der Waals surface area (Å²) < 4.78 is 2.11. The molecule has 0 saturated heterocycles. The van der Waals surface area contributed by atoms with Crippen LogP contribution in [-0.2, 0) is 0 Å². The molecule has 0 saturated carbocycles. The van der Waals surface area contributed by atoms with E-state index in [1.807, 2.05) is 19.1 Å². The fourth-order valence-electron chi connectivity index (χ4n) is 2.84. The van der Waals surface area contributed by atoms with Crippen molar-refractivity contribution in [2.45, 2.75) is 20.8 Å². The number of pyridine rings is 1. The van der Waals surface area contributed by atoms with E-state index in [0.717, 1.165) is 33.5 Å². The Hall–Kier alpha value is -2.18. The Labute approximate surface area is 161 Å². The first-order valence-corrected chi connectivity index (χ1v) is 8.73. The predicted octanol–water partition coefficient (Wildman–Crippen LogP) is 5.70. The van der Waals surface area contributed by atoms with Crippen LogP contribution in [0.3, 0.4) is 0 Å². The molecule has 128 valence electrons. The van der Waals surface area contributed by atoms with E-state index < -0.39 is 0 Å². The first-order valence-electron chi connectivity index (χ1n) is 7.86. The average Bonchev–Trinajstić information content (AvgIpc) is 3.12. The van der Waals surface area contributed by atoms with Crippen molar-refractivity contribution in [3.63, 3.8) is 0 Å². The Kier molecular flexibility index (Phi) is 4.92. The Bertz CT molecular complexity index is 1040. The highest BCUT2D eigenvalue weighted by molar-refractivity contribution is 8.93. The SMILES string of the molecule is Br.Cc1ccn2c(-c3csc(Nc4ccccc4C)n3)c(C)nc2c1. The molecule has 3 heterocycles. The van der Waals surface area contributed by atoms with Crippen LogP contribution in [0.1, 0.15) is 16.8 Å². The Morgan fingerprint density at radius 3 is 2.64 bits per heavy atom. The molecule has 0 fully saturated rings. The summed E-state index contributed by atoms with van der Waals surface area (Å²) in [6.07, 6.45) is 2.06. The lowest BCUT2D eigenvalue weighted by Gasteiger charge is -2.05. The molecule has 1 N–H and O–H groups in total. The molecule has 6 heteroatoms. The van der Waals surface area contributed by atoms with E-state index in [1.165, 1.54) is 11.1 Å². The van der Waals surface area contributed by atoms with Gasteiger partial charge in [0.15, 0.2) is 5.13 Å². The van der Waals surface area contributed by atoms with E-state index in [2.05, 4.69) is 64.4 Å². The van der Waals surface area contributed by atoms with Crippen molar-refractivity contribution in [3.8, 4) is 11.4 Å². The number of rotatable bonds is 3. The zero-order valence-electron chi connectivity index (χ0n) is 14.3. The van der Waals surface area contributed by atoms with E-state index in [-0.39, 0.29) is 17.0 Å². The van der Waals surface area contributed by atoms with Crippen molar-refractivity contribution in [3.05, 3.63) is 64.8 Å². The fourth-order valence-corrected chi connectivity index (χ4v) is 3.55. The lowest BCUT2D eigenvalue weighted by Crippen LogP contribution is -1.93. The minimum absolute atomic E-state index is 0. The van der Waals surface area contributed by atoms with Crippen molar-refractivity contribution in [2.75, 3.05) is 5.32 Å². The molecule has 0 radical (unpaired) electrons. The third kappa shape index (κ3) is 3.32. The van der Waals surface area contributed by atoms with Crippen LogP contribution in [0, 0.1) is 20.8 Å². The van der Waals surface area contributed by atoms with Crippen LogP contribution in [0.2, 0.25) is 0 Å². The average molecular weight is 415 g/mol. The second kappa shape index (κ2) is 6.98. The number of nitrogens with one attached hydrogen (secondary N) is 1. The molecule has 0 amide bonds. The molecule has 0 atom stereocenters. The number of aryl methyl sites for hydroxylation is 3. The maximum atomic E-state index is 4.77. The summed E-state index contributed by atoms with van der Waals surface area (Å²) in [4.78, 5) is 9.43. The molecule has 4 nitrogen and oxygen atoms in total. The van der Waals surface area contributed by atoms with Crippen LogP contribution < -0.4 is 5.32 Å². The highest BCUT2D eigenvalue weighted by Crippen LogP contribution is 2.30. The molecule has 0 aliphatic carbocycles. The van der Waals surface area contributed by atoms with Gasteiger partial charge in [-0.15, -0.1) is 28.3 Å². The van der Waals surface area contributed by atoms with Gasteiger partial charge in [0.2, 0.25) is 0 Å². The summed E-state index contributed by atoms with van der Waals surface area (Å²) in [6.45, 7) is 6.20. The third-order valence-electron chi connectivity index (χ3n) is 4.09. The fraction of sp³-hybridized carbons (Fsp3) is 0.158. The molecule has 0 aliphatic rings. The van der Waals surface area contributed by atoms with Gasteiger partial charge in [-0.05, 0) is 50.1 Å². The maximum absolute atomic E-state index is 4.77. The van der Waals surface area contributed by atoms with Crippen LogP contribution in [0.15, 0.2) is 48.0 Å². The molecule has 25 heavy (non-hydrogen) atoms. The summed E-state index contributed by atoms with van der Waals surface area (Å²) >= 11 is 1.61. The van der Waals surface area contributed by atoms with Gasteiger partial charge in [-0.1, -0.05) is 18.2 Å². The summed E-state index contributed by atoms with van der Waals surface area (Å²) in [5.41, 5.74) is 7.46. The van der Waals surface area contributed by atoms with E-state index in [4.69, 9.17) is 4.98 Å². The predicted molar refractivity (Wildman–Crippen MR) is 111 cm³/mol. The number of halogens is 1. The molecular weight excluding hydrogens is 396 g/mol. The highest BCUT2D eigenvalue weighted by Gasteiger charge is 2.14. The zero-order valence-corrected chi connectivity index (χ0v) is 16.8. The number of thiazole rings is 1. The Morgan fingerprint density at radius 1 is 1.04 bits per heavy atom. The molecule has 0 spiro atoms. The quantitative estimate of drug-likeness (QED) is 0.467. The van der Waals surface area contributed by atoms with Gasteiger partial charge in [-0.25, -0.2) is 9.97 Å². The van der Waals surface area contributed by atoms with Gasteiger partial charge in [0.25, 0.3) is 0 Å². The van der Waals surface area contributed by atoms with Crippen LogP contribution in [-0.4, -0.2) is 14.4 Å². The van der Waals surface area contributed by atoms with Crippen molar-refractivity contribution in [2.24, 2.45) is 0 Å². The first kappa shape index (κ1) is 17.6. The molecule has 1 aromatic carbocycles. The number of hydrogen-bond acceptors (Lipinski definition) is 4. The molecule has 4 rings (SSSR count). The normalized spacial score (nSPS) is 10.7. The van der Waals surface area contributed by atoms with E-state index in [0.29, 0.717) is 0 Å².